The van der Waals surface area contributed by atoms with Crippen LogP contribution in [0.2, 0.25) is 0 Å². The number of aryl methyl sites for hydroxylation is 1. The van der Waals surface area contributed by atoms with Crippen LogP contribution < -0.4 is 0 Å². The molecule has 0 saturated heterocycles. The van der Waals surface area contributed by atoms with Crippen LogP contribution >= 0.6 is 11.3 Å². The number of aliphatic imine (C=N–C) groups is 1. The number of H-pyrrole nitrogens is 1. The molecule has 0 amide bonds. The van der Waals surface area contributed by atoms with Gasteiger partial charge in [0.1, 0.15) is 5.84 Å². The number of hydrogen-bond donors (Lipinski definition) is 1. The zero-order valence-corrected chi connectivity index (χ0v) is 11.0. The van der Waals surface area contributed by atoms with Crippen molar-refractivity contribution in [1.29, 1.82) is 0 Å². The van der Waals surface area contributed by atoms with Gasteiger partial charge in [-0.1, -0.05) is 0 Å². The average Bonchev–Trinajstić information content (AvgIpc) is 3.03. The maximum absolute atomic E-state index is 4.66. The number of aromatic amines is 1. The second kappa shape index (κ2) is 3.86. The van der Waals surface area contributed by atoms with E-state index in [9.17, 15) is 0 Å². The highest BCUT2D eigenvalue weighted by atomic mass is 32.1. The molecule has 0 aromatic carbocycles. The fourth-order valence-corrected chi connectivity index (χ4v) is 3.19. The average molecular weight is 270 g/mol. The molecule has 0 radical (unpaired) electrons. The molecular formula is C12H10N6S. The number of fused-ring (bicyclic) bond motifs is 2. The molecule has 2 aliphatic heterocycles. The molecule has 19 heavy (non-hydrogen) atoms. The fourth-order valence-electron chi connectivity index (χ4n) is 2.22. The van der Waals surface area contributed by atoms with E-state index in [2.05, 4.69) is 43.5 Å². The molecule has 0 atom stereocenters. The third-order valence-electron chi connectivity index (χ3n) is 3.06. The molecule has 7 heteroatoms. The van der Waals surface area contributed by atoms with Gasteiger partial charge in [0.15, 0.2) is 0 Å². The standard InChI is InChI=1S/C12H10N6S/c1-7-4-9-10(19-7)6-18-5-8(2-3-11(18)13-9)12-14-16-17-15-12/h2-5H,6H2,1H3,(H,14,15,16,17). The summed E-state index contributed by atoms with van der Waals surface area (Å²) < 4.78 is 0. The molecule has 2 aromatic heterocycles. The highest BCUT2D eigenvalue weighted by molar-refractivity contribution is 7.12. The Bertz CT molecular complexity index is 721. The van der Waals surface area contributed by atoms with Crippen molar-refractivity contribution in [1.82, 2.24) is 25.5 Å². The molecule has 0 unspecified atom stereocenters. The van der Waals surface area contributed by atoms with Crippen molar-refractivity contribution in [3.63, 3.8) is 0 Å². The third kappa shape index (κ3) is 1.70. The van der Waals surface area contributed by atoms with E-state index in [1.165, 1.54) is 9.75 Å². The van der Waals surface area contributed by atoms with Crippen LogP contribution in [0.3, 0.4) is 0 Å². The van der Waals surface area contributed by atoms with Gasteiger partial charge in [-0.3, -0.25) is 0 Å². The Labute approximate surface area is 113 Å². The van der Waals surface area contributed by atoms with Gasteiger partial charge in [-0.05, 0) is 30.4 Å². The highest BCUT2D eigenvalue weighted by Gasteiger charge is 2.22. The quantitative estimate of drug-likeness (QED) is 0.860. The number of amidine groups is 1. The van der Waals surface area contributed by atoms with Crippen LogP contribution in [-0.4, -0.2) is 31.4 Å². The van der Waals surface area contributed by atoms with Gasteiger partial charge >= 0.3 is 0 Å². The van der Waals surface area contributed by atoms with Crippen molar-refractivity contribution in [2.24, 2.45) is 4.99 Å². The van der Waals surface area contributed by atoms with Crippen molar-refractivity contribution >= 4 is 28.4 Å². The van der Waals surface area contributed by atoms with Gasteiger partial charge in [-0.25, -0.2) is 4.99 Å². The van der Waals surface area contributed by atoms with E-state index in [1.54, 1.807) is 11.3 Å². The highest BCUT2D eigenvalue weighted by Crippen LogP contribution is 2.35. The van der Waals surface area contributed by atoms with E-state index in [-0.39, 0.29) is 0 Å². The Kier molecular flexibility index (Phi) is 2.16. The summed E-state index contributed by atoms with van der Waals surface area (Å²) in [5.74, 6) is 1.56. The van der Waals surface area contributed by atoms with Gasteiger partial charge in [0.05, 0.1) is 17.1 Å². The predicted molar refractivity (Wildman–Crippen MR) is 73.0 cm³/mol. The zero-order valence-electron chi connectivity index (χ0n) is 10.2. The molecule has 0 saturated carbocycles. The summed E-state index contributed by atoms with van der Waals surface area (Å²) in [6.45, 7) is 2.96. The molecule has 94 valence electrons. The first-order valence-electron chi connectivity index (χ1n) is 5.88. The Balaban J connectivity index is 1.74. The lowest BCUT2D eigenvalue weighted by Gasteiger charge is -2.26. The minimum absolute atomic E-state index is 0.600. The summed E-state index contributed by atoms with van der Waals surface area (Å²) in [5, 5.41) is 14.0. The predicted octanol–water partition coefficient (Wildman–Crippen LogP) is 2.03. The summed E-state index contributed by atoms with van der Waals surface area (Å²) in [7, 11) is 0. The summed E-state index contributed by atoms with van der Waals surface area (Å²) in [5.41, 5.74) is 2.03. The second-order valence-electron chi connectivity index (χ2n) is 4.42. The molecule has 1 N–H and O–H groups in total. The van der Waals surface area contributed by atoms with Crippen LogP contribution in [0.4, 0.5) is 5.69 Å². The van der Waals surface area contributed by atoms with Gasteiger partial charge in [0.2, 0.25) is 5.82 Å². The number of rotatable bonds is 1. The molecule has 0 spiro atoms. The van der Waals surface area contributed by atoms with Gasteiger partial charge in [-0.2, -0.15) is 5.21 Å². The Morgan fingerprint density at radius 2 is 2.32 bits per heavy atom. The minimum atomic E-state index is 0.600. The number of allylic oxidation sites excluding steroid dienone is 2. The molecule has 6 nitrogen and oxygen atoms in total. The molecule has 2 aliphatic rings. The van der Waals surface area contributed by atoms with Crippen molar-refractivity contribution in [2.45, 2.75) is 13.5 Å². The molecule has 2 aromatic rings. The summed E-state index contributed by atoms with van der Waals surface area (Å²) in [6, 6.07) is 2.14. The van der Waals surface area contributed by atoms with Crippen LogP contribution in [0.15, 0.2) is 29.4 Å². The summed E-state index contributed by atoms with van der Waals surface area (Å²) >= 11 is 1.79. The van der Waals surface area contributed by atoms with Crippen molar-refractivity contribution in [3.8, 4) is 0 Å². The van der Waals surface area contributed by atoms with Gasteiger partial charge in [-0.15, -0.1) is 21.5 Å². The number of aromatic nitrogens is 4. The van der Waals surface area contributed by atoms with E-state index in [0.29, 0.717) is 5.82 Å². The summed E-state index contributed by atoms with van der Waals surface area (Å²) in [6.07, 6.45) is 5.97. The van der Waals surface area contributed by atoms with E-state index in [1.807, 2.05) is 18.4 Å². The molecule has 0 aliphatic carbocycles. The first kappa shape index (κ1) is 10.6. The smallest absolute Gasteiger partial charge is 0.206 e. The Morgan fingerprint density at radius 3 is 3.16 bits per heavy atom. The van der Waals surface area contributed by atoms with Crippen LogP contribution in [0.5, 0.6) is 0 Å². The number of nitrogens with zero attached hydrogens (tertiary/aromatic N) is 5. The van der Waals surface area contributed by atoms with Crippen LogP contribution in [-0.2, 0) is 6.54 Å². The monoisotopic (exact) mass is 270 g/mol. The van der Waals surface area contributed by atoms with Crippen LogP contribution in [0.25, 0.3) is 5.57 Å². The van der Waals surface area contributed by atoms with Crippen molar-refractivity contribution in [3.05, 3.63) is 40.0 Å². The maximum atomic E-state index is 4.66. The first-order chi connectivity index (χ1) is 9.29. The van der Waals surface area contributed by atoms with E-state index < -0.39 is 0 Å². The Morgan fingerprint density at radius 1 is 1.37 bits per heavy atom. The largest absolute Gasteiger partial charge is 0.327 e. The lowest BCUT2D eigenvalue weighted by atomic mass is 10.1. The number of nitrogens with one attached hydrogen (secondary N) is 1. The number of hydrogen-bond acceptors (Lipinski definition) is 6. The molecule has 0 bridgehead atoms. The summed E-state index contributed by atoms with van der Waals surface area (Å²) in [4.78, 5) is 9.36. The fraction of sp³-hybridized carbons (Fsp3) is 0.167. The lowest BCUT2D eigenvalue weighted by molar-refractivity contribution is 0.553. The molecule has 0 fully saturated rings. The zero-order chi connectivity index (χ0) is 12.8. The molecular weight excluding hydrogens is 260 g/mol. The number of tetrazole rings is 1. The maximum Gasteiger partial charge on any atom is 0.206 e. The second-order valence-corrected chi connectivity index (χ2v) is 5.76. The van der Waals surface area contributed by atoms with E-state index >= 15 is 0 Å². The normalized spacial score (nSPS) is 16.8. The minimum Gasteiger partial charge on any atom is -0.327 e. The topological polar surface area (TPSA) is 70.1 Å². The van der Waals surface area contributed by atoms with E-state index in [0.717, 1.165) is 23.6 Å². The van der Waals surface area contributed by atoms with Gasteiger partial charge in [0, 0.05) is 16.7 Å². The lowest BCUT2D eigenvalue weighted by Crippen LogP contribution is -2.27. The Hall–Kier alpha value is -2.28. The van der Waals surface area contributed by atoms with Crippen LogP contribution in [0, 0.1) is 6.92 Å². The van der Waals surface area contributed by atoms with Crippen molar-refractivity contribution in [2.75, 3.05) is 0 Å². The van der Waals surface area contributed by atoms with Crippen molar-refractivity contribution < 1.29 is 0 Å². The first-order valence-corrected chi connectivity index (χ1v) is 6.69. The number of thiophene rings is 1. The molecule has 4 rings (SSSR count). The van der Waals surface area contributed by atoms with E-state index in [4.69, 9.17) is 0 Å². The SMILES string of the molecule is Cc1cc2c(s1)CN1C=C(c3nn[nH]n3)C=CC1=N2. The molecule has 4 heterocycles. The third-order valence-corrected chi connectivity index (χ3v) is 4.09. The van der Waals surface area contributed by atoms with Gasteiger partial charge in [0.25, 0.3) is 0 Å². The van der Waals surface area contributed by atoms with Crippen LogP contribution in [0.1, 0.15) is 15.6 Å². The van der Waals surface area contributed by atoms with Gasteiger partial charge < -0.3 is 4.90 Å².